The van der Waals surface area contributed by atoms with E-state index >= 15 is 0 Å². The molecule has 0 amide bonds. The van der Waals surface area contributed by atoms with Gasteiger partial charge in [-0.25, -0.2) is 4.68 Å². The zero-order chi connectivity index (χ0) is 20.7. The average molecular weight is 408 g/mol. The maximum absolute atomic E-state index is 12.8. The summed E-state index contributed by atoms with van der Waals surface area (Å²) in [6, 6.07) is 9.41. The summed E-state index contributed by atoms with van der Waals surface area (Å²) < 4.78 is 13.2. The van der Waals surface area contributed by atoms with Crippen LogP contribution in [0.4, 0.5) is 0 Å². The van der Waals surface area contributed by atoms with Crippen LogP contribution in [0.25, 0.3) is 0 Å². The summed E-state index contributed by atoms with van der Waals surface area (Å²) in [5.41, 5.74) is 0.972. The molecule has 2 aliphatic rings. The van der Waals surface area contributed by atoms with Gasteiger partial charge >= 0.3 is 11.1 Å². The van der Waals surface area contributed by atoms with Crippen LogP contribution < -0.4 is 15.9 Å². The van der Waals surface area contributed by atoms with Crippen LogP contribution in [-0.2, 0) is 26.1 Å². The molecule has 5 rings (SSSR count). The summed E-state index contributed by atoms with van der Waals surface area (Å²) >= 11 is 0. The highest BCUT2D eigenvalue weighted by atomic mass is 16.5. The third-order valence-electron chi connectivity index (χ3n) is 6.23. The van der Waals surface area contributed by atoms with E-state index in [0.29, 0.717) is 18.8 Å². The molecular weight excluding hydrogens is 384 g/mol. The highest BCUT2D eigenvalue weighted by Gasteiger charge is 2.44. The molecule has 1 saturated heterocycles. The van der Waals surface area contributed by atoms with Crippen molar-refractivity contribution in [3.05, 3.63) is 80.5 Å². The van der Waals surface area contributed by atoms with E-state index in [1.54, 1.807) is 24.2 Å². The molecule has 1 spiro atoms. The number of fused-ring (bicyclic) bond motifs is 1. The van der Waals surface area contributed by atoms with Crippen LogP contribution in [-0.4, -0.2) is 39.4 Å². The number of hydrogen-bond acceptors (Lipinski definition) is 6. The van der Waals surface area contributed by atoms with Crippen LogP contribution in [0.1, 0.15) is 23.4 Å². The Morgan fingerprint density at radius 2 is 1.90 bits per heavy atom. The minimum absolute atomic E-state index is 0.0331. The lowest BCUT2D eigenvalue weighted by Crippen LogP contribution is -2.43. The van der Waals surface area contributed by atoms with Gasteiger partial charge in [0.15, 0.2) is 0 Å². The lowest BCUT2D eigenvalue weighted by molar-refractivity contribution is 0.246. The number of benzene rings is 1. The van der Waals surface area contributed by atoms with E-state index in [9.17, 15) is 9.59 Å². The van der Waals surface area contributed by atoms with E-state index in [0.717, 1.165) is 42.9 Å². The molecule has 1 fully saturated rings. The molecule has 8 heteroatoms. The maximum Gasteiger partial charge on any atom is 0.332 e. The summed E-state index contributed by atoms with van der Waals surface area (Å²) in [5, 5.41) is 4.57. The quantitative estimate of drug-likeness (QED) is 0.595. The fourth-order valence-electron chi connectivity index (χ4n) is 4.69. The van der Waals surface area contributed by atoms with Gasteiger partial charge in [-0.05, 0) is 36.7 Å². The van der Waals surface area contributed by atoms with Crippen LogP contribution in [0.5, 0.6) is 5.75 Å². The number of ether oxygens (including phenoxy) is 1. The number of hydrogen-bond donors (Lipinski definition) is 0. The van der Waals surface area contributed by atoms with Crippen molar-refractivity contribution < 1.29 is 9.15 Å². The average Bonchev–Trinajstić information content (AvgIpc) is 3.48. The van der Waals surface area contributed by atoms with E-state index in [2.05, 4.69) is 10.00 Å². The molecule has 1 aromatic carbocycles. The number of aromatic nitrogens is 3. The minimum atomic E-state index is -0.570. The third kappa shape index (κ3) is 3.37. The van der Waals surface area contributed by atoms with Crippen molar-refractivity contribution in [2.75, 3.05) is 20.2 Å². The lowest BCUT2D eigenvalue weighted by Gasteiger charge is -2.22. The van der Waals surface area contributed by atoms with Crippen LogP contribution in [0.2, 0.25) is 0 Å². The summed E-state index contributed by atoms with van der Waals surface area (Å²) in [5.74, 6) is 1.45. The maximum atomic E-state index is 12.8. The number of nitrogens with zero attached hydrogens (tertiary/aromatic N) is 4. The molecule has 30 heavy (non-hydrogen) atoms. The monoisotopic (exact) mass is 408 g/mol. The molecule has 156 valence electrons. The molecule has 0 saturated carbocycles. The molecule has 2 aromatic heterocycles. The van der Waals surface area contributed by atoms with E-state index in [1.165, 1.54) is 4.68 Å². The minimum Gasteiger partial charge on any atom is -0.497 e. The van der Waals surface area contributed by atoms with Gasteiger partial charge in [-0.2, -0.15) is 5.10 Å². The molecule has 0 unspecified atom stereocenters. The van der Waals surface area contributed by atoms with Crippen LogP contribution in [0.3, 0.4) is 0 Å². The smallest absolute Gasteiger partial charge is 0.332 e. The standard InChI is InChI=1S/C22H24N4O4/c1-29-18-4-2-16(3-5-18)12-26-21(28)20(27)25-15-22(10-19(25)23-26)7-8-24(14-22)11-17-6-9-30-13-17/h2-6,9,13H,7-8,10-12,14-15H2,1H3/t22-/m0/s1. The summed E-state index contributed by atoms with van der Waals surface area (Å²) in [6.45, 7) is 3.51. The largest absolute Gasteiger partial charge is 0.497 e. The Morgan fingerprint density at radius 1 is 1.07 bits per heavy atom. The zero-order valence-electron chi connectivity index (χ0n) is 16.9. The van der Waals surface area contributed by atoms with Gasteiger partial charge < -0.3 is 9.15 Å². The fourth-order valence-corrected chi connectivity index (χ4v) is 4.69. The molecule has 3 aromatic rings. The Balaban J connectivity index is 1.36. The molecule has 1 atom stereocenters. The molecule has 8 nitrogen and oxygen atoms in total. The van der Waals surface area contributed by atoms with E-state index < -0.39 is 11.1 Å². The van der Waals surface area contributed by atoms with Crippen LogP contribution in [0.15, 0.2) is 56.9 Å². The van der Waals surface area contributed by atoms with Gasteiger partial charge in [0.05, 0.1) is 26.2 Å². The van der Waals surface area contributed by atoms with Gasteiger partial charge in [-0.3, -0.25) is 19.1 Å². The summed E-state index contributed by atoms with van der Waals surface area (Å²) in [4.78, 5) is 27.8. The summed E-state index contributed by atoms with van der Waals surface area (Å²) in [7, 11) is 1.61. The van der Waals surface area contributed by atoms with E-state index in [4.69, 9.17) is 9.15 Å². The van der Waals surface area contributed by atoms with Crippen molar-refractivity contribution in [3.63, 3.8) is 0 Å². The number of methoxy groups -OCH3 is 1. The van der Waals surface area contributed by atoms with Crippen molar-refractivity contribution >= 4 is 0 Å². The first-order valence-corrected chi connectivity index (χ1v) is 10.1. The summed E-state index contributed by atoms with van der Waals surface area (Å²) in [6.07, 6.45) is 5.16. The zero-order valence-corrected chi connectivity index (χ0v) is 16.9. The SMILES string of the molecule is COc1ccc(Cn2nc3n(c(=O)c2=O)C[C@@]2(CCN(Cc4ccoc4)C2)C3)cc1. The molecule has 0 bridgehead atoms. The molecule has 2 aliphatic heterocycles. The Bertz CT molecular complexity index is 1160. The van der Waals surface area contributed by atoms with E-state index in [1.807, 2.05) is 30.3 Å². The van der Waals surface area contributed by atoms with Crippen LogP contribution >= 0.6 is 0 Å². The Morgan fingerprint density at radius 3 is 2.63 bits per heavy atom. The first-order valence-electron chi connectivity index (χ1n) is 10.1. The van der Waals surface area contributed by atoms with Crippen molar-refractivity contribution in [1.82, 2.24) is 19.2 Å². The van der Waals surface area contributed by atoms with Crippen LogP contribution in [0, 0.1) is 5.41 Å². The molecule has 4 heterocycles. The Kier molecular flexibility index (Phi) is 4.58. The Hall–Kier alpha value is -3.13. The van der Waals surface area contributed by atoms with Crippen molar-refractivity contribution in [3.8, 4) is 5.75 Å². The van der Waals surface area contributed by atoms with Crippen molar-refractivity contribution in [2.24, 2.45) is 5.41 Å². The first-order chi connectivity index (χ1) is 14.5. The predicted octanol–water partition coefficient (Wildman–Crippen LogP) is 1.50. The van der Waals surface area contributed by atoms with Gasteiger partial charge in [0, 0.05) is 37.0 Å². The van der Waals surface area contributed by atoms with Gasteiger partial charge in [-0.1, -0.05) is 12.1 Å². The fraction of sp³-hybridized carbons (Fsp3) is 0.409. The first kappa shape index (κ1) is 18.9. The lowest BCUT2D eigenvalue weighted by atomic mass is 9.86. The number of likely N-dealkylation sites (tertiary alicyclic amines) is 1. The second-order valence-corrected chi connectivity index (χ2v) is 8.39. The number of rotatable bonds is 5. The topological polar surface area (TPSA) is 82.5 Å². The van der Waals surface area contributed by atoms with Gasteiger partial charge in [-0.15, -0.1) is 0 Å². The van der Waals surface area contributed by atoms with Gasteiger partial charge in [0.25, 0.3) is 0 Å². The highest BCUT2D eigenvalue weighted by Crippen LogP contribution is 2.39. The molecule has 0 radical (unpaired) electrons. The van der Waals surface area contributed by atoms with Gasteiger partial charge in [0.2, 0.25) is 0 Å². The normalized spacial score (nSPS) is 20.7. The third-order valence-corrected chi connectivity index (χ3v) is 6.23. The second-order valence-electron chi connectivity index (χ2n) is 8.39. The van der Waals surface area contributed by atoms with Gasteiger partial charge in [0.1, 0.15) is 11.6 Å². The van der Waals surface area contributed by atoms with E-state index in [-0.39, 0.29) is 12.0 Å². The molecular formula is C22H24N4O4. The number of furan rings is 1. The molecule has 0 N–H and O–H groups in total. The molecule has 0 aliphatic carbocycles. The highest BCUT2D eigenvalue weighted by molar-refractivity contribution is 5.27. The second kappa shape index (κ2) is 7.28. The van der Waals surface area contributed by atoms with Crippen molar-refractivity contribution in [1.29, 1.82) is 0 Å². The predicted molar refractivity (Wildman–Crippen MR) is 110 cm³/mol. The Labute approximate surface area is 173 Å². The van der Waals surface area contributed by atoms with Crippen molar-refractivity contribution in [2.45, 2.75) is 32.5 Å².